The van der Waals surface area contributed by atoms with Crippen molar-refractivity contribution in [3.05, 3.63) is 72.3 Å². The van der Waals surface area contributed by atoms with Crippen molar-refractivity contribution in [2.24, 2.45) is 0 Å². The van der Waals surface area contributed by atoms with Gasteiger partial charge < -0.3 is 14.7 Å². The van der Waals surface area contributed by atoms with Crippen LogP contribution in [-0.2, 0) is 4.79 Å². The van der Waals surface area contributed by atoms with Gasteiger partial charge in [0.05, 0.1) is 6.54 Å². The Morgan fingerprint density at radius 3 is 2.15 bits per heavy atom. The Kier molecular flexibility index (Phi) is 6.58. The quantitative estimate of drug-likeness (QED) is 0.762. The second-order valence-corrected chi connectivity index (χ2v) is 6.98. The van der Waals surface area contributed by atoms with Crippen LogP contribution in [0.15, 0.2) is 66.7 Å². The lowest BCUT2D eigenvalue weighted by Gasteiger charge is -2.29. The third kappa shape index (κ3) is 5.28. The van der Waals surface area contributed by atoms with Crippen LogP contribution in [0.4, 0.5) is 5.69 Å². The van der Waals surface area contributed by atoms with Gasteiger partial charge in [-0.2, -0.15) is 0 Å². The summed E-state index contributed by atoms with van der Waals surface area (Å²) in [4.78, 5) is 17.3. The molecule has 1 saturated heterocycles. The number of para-hydroxylation sites is 1. The van der Waals surface area contributed by atoms with Crippen LogP contribution in [-0.4, -0.2) is 52.2 Å². The first-order valence-electron chi connectivity index (χ1n) is 9.43. The summed E-state index contributed by atoms with van der Waals surface area (Å²) >= 11 is 0. The SMILES string of the molecule is CN(C(=O)C[NH+]1CC[NH+](C/C=C/c2ccccc2)CC1)c1ccccc1. The molecule has 0 radical (unpaired) electrons. The molecule has 136 valence electrons. The zero-order valence-corrected chi connectivity index (χ0v) is 15.5. The molecule has 1 amide bonds. The molecule has 1 aliphatic rings. The lowest BCUT2D eigenvalue weighted by molar-refractivity contribution is -1.01. The highest BCUT2D eigenvalue weighted by Gasteiger charge is 2.25. The van der Waals surface area contributed by atoms with Crippen molar-refractivity contribution in [2.75, 3.05) is 51.2 Å². The maximum absolute atomic E-state index is 12.5. The van der Waals surface area contributed by atoms with Crippen molar-refractivity contribution in [1.82, 2.24) is 0 Å². The lowest BCUT2D eigenvalue weighted by atomic mass is 10.2. The summed E-state index contributed by atoms with van der Waals surface area (Å²) in [5.41, 5.74) is 2.22. The Bertz CT molecular complexity index is 707. The zero-order valence-electron chi connectivity index (χ0n) is 15.5. The Morgan fingerprint density at radius 1 is 0.923 bits per heavy atom. The Morgan fingerprint density at radius 2 is 1.50 bits per heavy atom. The van der Waals surface area contributed by atoms with Gasteiger partial charge in [-0.1, -0.05) is 54.6 Å². The highest BCUT2D eigenvalue weighted by Crippen LogP contribution is 2.10. The first-order chi connectivity index (χ1) is 12.7. The molecule has 0 bridgehead atoms. The number of carbonyl (C=O) groups is 1. The molecule has 1 heterocycles. The van der Waals surface area contributed by atoms with Gasteiger partial charge in [-0.05, 0) is 23.8 Å². The molecule has 1 aliphatic heterocycles. The molecule has 1 fully saturated rings. The molecule has 0 aliphatic carbocycles. The second kappa shape index (κ2) is 9.32. The van der Waals surface area contributed by atoms with Crippen molar-refractivity contribution in [3.8, 4) is 0 Å². The summed E-state index contributed by atoms with van der Waals surface area (Å²) in [7, 11) is 1.87. The van der Waals surface area contributed by atoms with Crippen LogP contribution in [0.3, 0.4) is 0 Å². The third-order valence-electron chi connectivity index (χ3n) is 5.10. The summed E-state index contributed by atoms with van der Waals surface area (Å²) in [6.45, 7) is 6.00. The van der Waals surface area contributed by atoms with Gasteiger partial charge in [0.2, 0.25) is 0 Å². The highest BCUT2D eigenvalue weighted by molar-refractivity contribution is 5.93. The number of nitrogens with zero attached hydrogens (tertiary/aromatic N) is 1. The van der Waals surface area contributed by atoms with Crippen LogP contribution in [0.5, 0.6) is 0 Å². The minimum Gasteiger partial charge on any atom is -0.322 e. The zero-order chi connectivity index (χ0) is 18.2. The fraction of sp³-hybridized carbons (Fsp3) is 0.318. The number of likely N-dealkylation sites (N-methyl/N-ethyl adjacent to an activating group) is 1. The average molecular weight is 351 g/mol. The van der Waals surface area contributed by atoms with Crippen LogP contribution in [0.1, 0.15) is 5.56 Å². The monoisotopic (exact) mass is 351 g/mol. The minimum absolute atomic E-state index is 0.193. The number of amides is 1. The molecule has 26 heavy (non-hydrogen) atoms. The Hall–Kier alpha value is -2.43. The van der Waals surface area contributed by atoms with Crippen LogP contribution in [0.25, 0.3) is 6.08 Å². The molecule has 0 saturated carbocycles. The van der Waals surface area contributed by atoms with Crippen molar-refractivity contribution < 1.29 is 14.6 Å². The second-order valence-electron chi connectivity index (χ2n) is 6.98. The summed E-state index contributed by atoms with van der Waals surface area (Å²) in [5.74, 6) is 0.193. The molecular weight excluding hydrogens is 322 g/mol. The number of quaternary nitrogens is 2. The van der Waals surface area contributed by atoms with E-state index in [1.165, 1.54) is 10.5 Å². The molecule has 4 heteroatoms. The molecule has 4 nitrogen and oxygen atoms in total. The third-order valence-corrected chi connectivity index (χ3v) is 5.10. The van der Waals surface area contributed by atoms with Gasteiger partial charge in [0.1, 0.15) is 26.2 Å². The fourth-order valence-corrected chi connectivity index (χ4v) is 3.39. The maximum Gasteiger partial charge on any atom is 0.281 e. The van der Waals surface area contributed by atoms with E-state index in [1.807, 2.05) is 43.4 Å². The van der Waals surface area contributed by atoms with E-state index in [2.05, 4.69) is 36.4 Å². The normalized spacial score (nSPS) is 20.2. The van der Waals surface area contributed by atoms with Gasteiger partial charge in [-0.25, -0.2) is 0 Å². The largest absolute Gasteiger partial charge is 0.322 e. The van der Waals surface area contributed by atoms with Gasteiger partial charge in [0.15, 0.2) is 6.54 Å². The topological polar surface area (TPSA) is 29.2 Å². The number of anilines is 1. The number of nitrogens with one attached hydrogen (secondary N) is 2. The van der Waals surface area contributed by atoms with Gasteiger partial charge in [0, 0.05) is 12.7 Å². The summed E-state index contributed by atoms with van der Waals surface area (Å²) in [5, 5.41) is 0. The molecule has 3 rings (SSSR count). The van der Waals surface area contributed by atoms with Crippen molar-refractivity contribution in [2.45, 2.75) is 0 Å². The van der Waals surface area contributed by atoms with E-state index in [0.29, 0.717) is 6.54 Å². The summed E-state index contributed by atoms with van der Waals surface area (Å²) in [6, 6.07) is 20.3. The first-order valence-corrected chi connectivity index (χ1v) is 9.43. The predicted molar refractivity (Wildman–Crippen MR) is 106 cm³/mol. The number of hydrogen-bond acceptors (Lipinski definition) is 1. The number of benzene rings is 2. The van der Waals surface area contributed by atoms with Crippen LogP contribution in [0.2, 0.25) is 0 Å². The Balaban J connectivity index is 1.41. The number of carbonyl (C=O) groups excluding carboxylic acids is 1. The number of piperazine rings is 1. The first kappa shape index (κ1) is 18.4. The standard InChI is InChI=1S/C22H27N3O/c1-23(21-12-6-3-7-13-21)22(26)19-25-17-15-24(16-18-25)14-8-11-20-9-4-2-5-10-20/h2-13H,14-19H2,1H3/p+2/b11-8+. The summed E-state index contributed by atoms with van der Waals surface area (Å²) in [6.07, 6.45) is 4.47. The van der Waals surface area contributed by atoms with Crippen LogP contribution >= 0.6 is 0 Å². The molecule has 2 aromatic rings. The van der Waals surface area contributed by atoms with E-state index >= 15 is 0 Å². The van der Waals surface area contributed by atoms with E-state index in [-0.39, 0.29) is 5.91 Å². The van der Waals surface area contributed by atoms with E-state index < -0.39 is 0 Å². The maximum atomic E-state index is 12.5. The fourth-order valence-electron chi connectivity index (χ4n) is 3.39. The molecular formula is C22H29N3O+2. The highest BCUT2D eigenvalue weighted by atomic mass is 16.2. The minimum atomic E-state index is 0.193. The molecule has 0 atom stereocenters. The smallest absolute Gasteiger partial charge is 0.281 e. The number of rotatable bonds is 6. The van der Waals surface area contributed by atoms with E-state index in [1.54, 1.807) is 9.80 Å². The predicted octanol–water partition coefficient (Wildman–Crippen LogP) is 0.146. The molecule has 2 aromatic carbocycles. The van der Waals surface area contributed by atoms with Crippen LogP contribution in [0, 0.1) is 0 Å². The van der Waals surface area contributed by atoms with E-state index in [0.717, 1.165) is 38.4 Å². The molecule has 0 unspecified atom stereocenters. The van der Waals surface area contributed by atoms with E-state index in [9.17, 15) is 4.79 Å². The van der Waals surface area contributed by atoms with Crippen molar-refractivity contribution in [1.29, 1.82) is 0 Å². The average Bonchev–Trinajstić information content (AvgIpc) is 2.70. The van der Waals surface area contributed by atoms with Crippen molar-refractivity contribution >= 4 is 17.7 Å². The lowest BCUT2D eigenvalue weighted by Crippen LogP contribution is -3.28. The van der Waals surface area contributed by atoms with Gasteiger partial charge in [-0.3, -0.25) is 4.79 Å². The van der Waals surface area contributed by atoms with Gasteiger partial charge >= 0.3 is 0 Å². The summed E-state index contributed by atoms with van der Waals surface area (Å²) < 4.78 is 0. The van der Waals surface area contributed by atoms with Crippen molar-refractivity contribution in [3.63, 3.8) is 0 Å². The number of hydrogen-bond donors (Lipinski definition) is 2. The molecule has 0 aromatic heterocycles. The molecule has 0 spiro atoms. The van der Waals surface area contributed by atoms with Gasteiger partial charge in [-0.15, -0.1) is 0 Å². The Labute approximate surface area is 156 Å². The van der Waals surface area contributed by atoms with Gasteiger partial charge in [0.25, 0.3) is 5.91 Å². The van der Waals surface area contributed by atoms with E-state index in [4.69, 9.17) is 0 Å². The van der Waals surface area contributed by atoms with Crippen LogP contribution < -0.4 is 14.7 Å². The molecule has 2 N–H and O–H groups in total.